The van der Waals surface area contributed by atoms with E-state index in [0.717, 1.165) is 37.6 Å². The Kier molecular flexibility index (Phi) is 3.96. The molecule has 0 aromatic carbocycles. The van der Waals surface area contributed by atoms with Crippen molar-refractivity contribution in [3.8, 4) is 6.01 Å². The van der Waals surface area contributed by atoms with Crippen LogP contribution in [0, 0.1) is 6.92 Å². The van der Waals surface area contributed by atoms with Crippen molar-refractivity contribution in [2.75, 3.05) is 18.6 Å². The van der Waals surface area contributed by atoms with Gasteiger partial charge in [0.2, 0.25) is 0 Å². The Morgan fingerprint density at radius 3 is 3.00 bits per heavy atom. The van der Waals surface area contributed by atoms with Crippen LogP contribution < -0.4 is 9.64 Å². The van der Waals surface area contributed by atoms with Crippen LogP contribution >= 0.6 is 11.6 Å². The maximum Gasteiger partial charge on any atom is 0.318 e. The molecule has 21 heavy (non-hydrogen) atoms. The van der Waals surface area contributed by atoms with Crippen molar-refractivity contribution < 1.29 is 4.74 Å². The second kappa shape index (κ2) is 5.89. The summed E-state index contributed by atoms with van der Waals surface area (Å²) >= 11 is 6.27. The van der Waals surface area contributed by atoms with Gasteiger partial charge in [0.25, 0.3) is 0 Å². The van der Waals surface area contributed by atoms with Gasteiger partial charge in [-0.1, -0.05) is 11.6 Å². The standard InChI is InChI=1S/C14H18ClN5O/c1-10-16-5-7-19(10)9-11-4-3-6-20(11)13-12(15)8-17-14(18-13)21-2/h5,7-8,11H,3-4,6,9H2,1-2H3/t11-/m1/s1. The molecule has 7 heteroatoms. The Balaban J connectivity index is 1.85. The summed E-state index contributed by atoms with van der Waals surface area (Å²) in [6, 6.07) is 0.703. The highest BCUT2D eigenvalue weighted by Crippen LogP contribution is 2.31. The summed E-state index contributed by atoms with van der Waals surface area (Å²) in [6.45, 7) is 3.84. The minimum atomic E-state index is 0.346. The van der Waals surface area contributed by atoms with Crippen molar-refractivity contribution in [1.29, 1.82) is 0 Å². The average molecular weight is 308 g/mol. The molecule has 0 saturated carbocycles. The van der Waals surface area contributed by atoms with E-state index < -0.39 is 0 Å². The van der Waals surface area contributed by atoms with Gasteiger partial charge in [-0.2, -0.15) is 4.98 Å². The van der Waals surface area contributed by atoms with E-state index in [1.807, 2.05) is 19.3 Å². The third-order valence-corrected chi connectivity index (χ3v) is 4.13. The maximum absolute atomic E-state index is 6.27. The first kappa shape index (κ1) is 14.1. The molecule has 3 heterocycles. The molecule has 1 aliphatic rings. The van der Waals surface area contributed by atoms with E-state index in [2.05, 4.69) is 24.4 Å². The first-order chi connectivity index (χ1) is 10.2. The number of methoxy groups -OCH3 is 1. The molecule has 0 N–H and O–H groups in total. The Hall–Kier alpha value is -1.82. The zero-order valence-electron chi connectivity index (χ0n) is 12.2. The Morgan fingerprint density at radius 2 is 2.29 bits per heavy atom. The second-order valence-electron chi connectivity index (χ2n) is 5.14. The molecule has 3 rings (SSSR count). The monoisotopic (exact) mass is 307 g/mol. The van der Waals surface area contributed by atoms with E-state index in [1.165, 1.54) is 0 Å². The third-order valence-electron chi connectivity index (χ3n) is 3.87. The zero-order chi connectivity index (χ0) is 14.8. The van der Waals surface area contributed by atoms with E-state index in [-0.39, 0.29) is 0 Å². The van der Waals surface area contributed by atoms with Crippen molar-refractivity contribution in [3.63, 3.8) is 0 Å². The number of aromatic nitrogens is 4. The summed E-state index contributed by atoms with van der Waals surface area (Å²) in [5, 5.41) is 0.560. The van der Waals surface area contributed by atoms with E-state index in [1.54, 1.807) is 13.3 Å². The van der Waals surface area contributed by atoms with Crippen molar-refractivity contribution in [3.05, 3.63) is 29.4 Å². The van der Waals surface area contributed by atoms with Crippen LogP contribution in [0.5, 0.6) is 6.01 Å². The van der Waals surface area contributed by atoms with E-state index >= 15 is 0 Å². The van der Waals surface area contributed by atoms with E-state index in [0.29, 0.717) is 17.1 Å². The number of ether oxygens (including phenoxy) is 1. The molecule has 0 aliphatic carbocycles. The van der Waals surface area contributed by atoms with Crippen LogP contribution in [0.2, 0.25) is 5.02 Å². The Labute approximate surface area is 128 Å². The van der Waals surface area contributed by atoms with Crippen molar-refractivity contribution in [1.82, 2.24) is 19.5 Å². The van der Waals surface area contributed by atoms with E-state index in [9.17, 15) is 0 Å². The van der Waals surface area contributed by atoms with Gasteiger partial charge in [0.05, 0.1) is 13.3 Å². The quantitative estimate of drug-likeness (QED) is 0.867. The lowest BCUT2D eigenvalue weighted by Gasteiger charge is -2.27. The van der Waals surface area contributed by atoms with Gasteiger partial charge in [-0.25, -0.2) is 9.97 Å². The number of anilines is 1. The number of imidazole rings is 1. The minimum absolute atomic E-state index is 0.346. The number of hydrogen-bond donors (Lipinski definition) is 0. The van der Waals surface area contributed by atoms with Gasteiger partial charge < -0.3 is 14.2 Å². The van der Waals surface area contributed by atoms with Crippen LogP contribution in [0.1, 0.15) is 18.7 Å². The first-order valence-electron chi connectivity index (χ1n) is 7.00. The van der Waals surface area contributed by atoms with Gasteiger partial charge >= 0.3 is 6.01 Å². The van der Waals surface area contributed by atoms with Gasteiger partial charge in [-0.3, -0.25) is 0 Å². The minimum Gasteiger partial charge on any atom is -0.467 e. The van der Waals surface area contributed by atoms with Gasteiger partial charge in [-0.05, 0) is 19.8 Å². The highest BCUT2D eigenvalue weighted by molar-refractivity contribution is 6.32. The zero-order valence-corrected chi connectivity index (χ0v) is 12.9. The topological polar surface area (TPSA) is 56.1 Å². The van der Waals surface area contributed by atoms with Gasteiger partial charge in [0.1, 0.15) is 10.8 Å². The lowest BCUT2D eigenvalue weighted by molar-refractivity contribution is 0.379. The average Bonchev–Trinajstić information content (AvgIpc) is 3.10. The molecule has 2 aromatic rings. The van der Waals surface area contributed by atoms with Crippen LogP contribution in [0.25, 0.3) is 0 Å². The Bertz CT molecular complexity index is 630. The highest BCUT2D eigenvalue weighted by Gasteiger charge is 2.28. The summed E-state index contributed by atoms with van der Waals surface area (Å²) in [7, 11) is 1.56. The van der Waals surface area contributed by atoms with E-state index in [4.69, 9.17) is 16.3 Å². The maximum atomic E-state index is 6.27. The molecule has 112 valence electrons. The molecule has 0 spiro atoms. The molecule has 2 aromatic heterocycles. The molecule has 1 saturated heterocycles. The summed E-state index contributed by atoms with van der Waals surface area (Å²) in [5.41, 5.74) is 0. The molecule has 1 fully saturated rings. The SMILES string of the molecule is COc1ncc(Cl)c(N2CCC[C@@H]2Cn2ccnc2C)n1. The predicted molar refractivity (Wildman–Crippen MR) is 80.9 cm³/mol. The second-order valence-corrected chi connectivity index (χ2v) is 5.55. The normalized spacial score (nSPS) is 18.2. The van der Waals surface area contributed by atoms with Crippen LogP contribution in [0.15, 0.2) is 18.6 Å². The predicted octanol–water partition coefficient (Wildman–Crippen LogP) is 2.31. The van der Waals surface area contributed by atoms with Crippen molar-refractivity contribution >= 4 is 17.4 Å². The molecule has 0 radical (unpaired) electrons. The lowest BCUT2D eigenvalue weighted by Crippen LogP contribution is -2.34. The number of aryl methyl sites for hydroxylation is 1. The van der Waals surface area contributed by atoms with Crippen molar-refractivity contribution in [2.45, 2.75) is 32.4 Å². The fourth-order valence-corrected chi connectivity index (χ4v) is 2.97. The van der Waals surface area contributed by atoms with Gasteiger partial charge in [-0.15, -0.1) is 0 Å². The largest absolute Gasteiger partial charge is 0.467 e. The number of nitrogens with zero attached hydrogens (tertiary/aromatic N) is 5. The summed E-state index contributed by atoms with van der Waals surface area (Å²) < 4.78 is 7.27. The smallest absolute Gasteiger partial charge is 0.318 e. The van der Waals surface area contributed by atoms with Crippen LogP contribution in [0.4, 0.5) is 5.82 Å². The van der Waals surface area contributed by atoms with Gasteiger partial charge in [0, 0.05) is 31.5 Å². The lowest BCUT2D eigenvalue weighted by atomic mass is 10.2. The number of halogens is 1. The Morgan fingerprint density at radius 1 is 1.43 bits per heavy atom. The summed E-state index contributed by atoms with van der Waals surface area (Å²) in [5.74, 6) is 1.78. The molecular formula is C14H18ClN5O. The van der Waals surface area contributed by atoms with Crippen LogP contribution in [-0.2, 0) is 6.54 Å². The molecule has 0 unspecified atom stereocenters. The first-order valence-corrected chi connectivity index (χ1v) is 7.37. The van der Waals surface area contributed by atoms with Crippen LogP contribution in [0.3, 0.4) is 0 Å². The molecule has 1 aliphatic heterocycles. The molecule has 0 amide bonds. The summed E-state index contributed by atoms with van der Waals surface area (Å²) in [4.78, 5) is 15.0. The number of rotatable bonds is 4. The molecule has 6 nitrogen and oxygen atoms in total. The molecule has 1 atom stereocenters. The van der Waals surface area contributed by atoms with Crippen molar-refractivity contribution in [2.24, 2.45) is 0 Å². The highest BCUT2D eigenvalue weighted by atomic mass is 35.5. The molecule has 0 bridgehead atoms. The fourth-order valence-electron chi connectivity index (χ4n) is 2.77. The third kappa shape index (κ3) is 2.81. The van der Waals surface area contributed by atoms with Gasteiger partial charge in [0.15, 0.2) is 5.82 Å². The molecular weight excluding hydrogens is 290 g/mol. The number of hydrogen-bond acceptors (Lipinski definition) is 5. The summed E-state index contributed by atoms with van der Waals surface area (Å²) in [6.07, 6.45) is 7.67. The fraction of sp³-hybridized carbons (Fsp3) is 0.500. The van der Waals surface area contributed by atoms with Crippen LogP contribution in [-0.4, -0.2) is 39.2 Å².